The van der Waals surface area contributed by atoms with Crippen molar-refractivity contribution >= 4 is 0 Å². The highest BCUT2D eigenvalue weighted by atomic mass is 16.5. The van der Waals surface area contributed by atoms with Crippen LogP contribution in [0.4, 0.5) is 0 Å². The molecule has 4 heteroatoms. The molecule has 0 aromatic heterocycles. The number of hydrogen-bond acceptors (Lipinski definition) is 4. The van der Waals surface area contributed by atoms with E-state index < -0.39 is 0 Å². The van der Waals surface area contributed by atoms with E-state index in [2.05, 4.69) is 25.7 Å². The molecule has 0 saturated carbocycles. The van der Waals surface area contributed by atoms with Crippen molar-refractivity contribution in [3.63, 3.8) is 0 Å². The molecule has 1 aromatic carbocycles. The van der Waals surface area contributed by atoms with Crippen LogP contribution in [0.15, 0.2) is 30.9 Å². The molecule has 1 aromatic rings. The Morgan fingerprint density at radius 1 is 1.29 bits per heavy atom. The van der Waals surface area contributed by atoms with Crippen LogP contribution in [0.5, 0.6) is 11.5 Å². The minimum Gasteiger partial charge on any atom is -0.493 e. The van der Waals surface area contributed by atoms with E-state index in [0.717, 1.165) is 17.7 Å². The van der Waals surface area contributed by atoms with E-state index >= 15 is 0 Å². The maximum atomic E-state index is 9.54. The number of methoxy groups -OCH3 is 2. The van der Waals surface area contributed by atoms with E-state index in [4.69, 9.17) is 9.47 Å². The van der Waals surface area contributed by atoms with Crippen molar-refractivity contribution in [2.24, 2.45) is 5.92 Å². The van der Waals surface area contributed by atoms with Gasteiger partial charge in [0.05, 0.1) is 20.8 Å². The highest BCUT2D eigenvalue weighted by molar-refractivity contribution is 5.48. The van der Waals surface area contributed by atoms with E-state index in [0.29, 0.717) is 11.7 Å². The summed E-state index contributed by atoms with van der Waals surface area (Å²) in [5, 5.41) is 13.0. The van der Waals surface area contributed by atoms with Crippen LogP contribution in [0.3, 0.4) is 0 Å². The molecule has 0 radical (unpaired) electrons. The van der Waals surface area contributed by atoms with Crippen molar-refractivity contribution < 1.29 is 14.6 Å². The van der Waals surface area contributed by atoms with Gasteiger partial charge in [0.25, 0.3) is 0 Å². The lowest BCUT2D eigenvalue weighted by molar-refractivity contribution is 0.198. The molecular formula is C17H27NO3. The first-order chi connectivity index (χ1) is 10.1. The van der Waals surface area contributed by atoms with Crippen LogP contribution in [0.25, 0.3) is 0 Å². The third-order valence-corrected chi connectivity index (χ3v) is 3.63. The predicted octanol–water partition coefficient (Wildman–Crippen LogP) is 2.93. The summed E-state index contributed by atoms with van der Waals surface area (Å²) in [5.74, 6) is 1.76. The van der Waals surface area contributed by atoms with Gasteiger partial charge in [0.15, 0.2) is 11.5 Å². The van der Waals surface area contributed by atoms with Crippen LogP contribution in [-0.2, 0) is 0 Å². The molecule has 0 saturated heterocycles. The summed E-state index contributed by atoms with van der Waals surface area (Å²) in [4.78, 5) is 0. The maximum Gasteiger partial charge on any atom is 0.165 e. The summed E-state index contributed by atoms with van der Waals surface area (Å²) in [6.07, 6.45) is 2.61. The molecule has 0 spiro atoms. The van der Waals surface area contributed by atoms with Gasteiger partial charge in [-0.05, 0) is 18.4 Å². The maximum absolute atomic E-state index is 9.54. The van der Waals surface area contributed by atoms with Gasteiger partial charge in [-0.2, -0.15) is 0 Å². The Kier molecular flexibility index (Phi) is 7.26. The second kappa shape index (κ2) is 8.70. The molecular weight excluding hydrogens is 266 g/mol. The number of aliphatic hydroxyl groups is 1. The van der Waals surface area contributed by atoms with Crippen LogP contribution in [-0.4, -0.2) is 32.0 Å². The molecule has 0 aliphatic rings. The fraction of sp³-hybridized carbons (Fsp3) is 0.529. The lowest BCUT2D eigenvalue weighted by Gasteiger charge is -2.28. The molecule has 118 valence electrons. The molecule has 1 rings (SSSR count). The van der Waals surface area contributed by atoms with Crippen LogP contribution in [0.1, 0.15) is 31.9 Å². The van der Waals surface area contributed by atoms with Crippen molar-refractivity contribution in [2.75, 3.05) is 20.8 Å². The SMILES string of the molecule is C=CCC(NC(CO)C(C)C)c1cccc(OC)c1OC. The third-order valence-electron chi connectivity index (χ3n) is 3.63. The van der Waals surface area contributed by atoms with Gasteiger partial charge in [0.2, 0.25) is 0 Å². The second-order valence-corrected chi connectivity index (χ2v) is 5.36. The van der Waals surface area contributed by atoms with Crippen molar-refractivity contribution in [3.05, 3.63) is 36.4 Å². The van der Waals surface area contributed by atoms with Crippen molar-refractivity contribution in [1.82, 2.24) is 5.32 Å². The van der Waals surface area contributed by atoms with Crippen LogP contribution in [0, 0.1) is 5.92 Å². The molecule has 0 fully saturated rings. The van der Waals surface area contributed by atoms with Gasteiger partial charge in [-0.15, -0.1) is 6.58 Å². The van der Waals surface area contributed by atoms with Gasteiger partial charge >= 0.3 is 0 Å². The first-order valence-corrected chi connectivity index (χ1v) is 7.27. The Hall–Kier alpha value is -1.52. The van der Waals surface area contributed by atoms with Gasteiger partial charge in [-0.1, -0.05) is 32.1 Å². The Morgan fingerprint density at radius 2 is 2.00 bits per heavy atom. The van der Waals surface area contributed by atoms with E-state index in [1.165, 1.54) is 0 Å². The van der Waals surface area contributed by atoms with E-state index in [9.17, 15) is 5.11 Å². The zero-order valence-corrected chi connectivity index (χ0v) is 13.4. The van der Waals surface area contributed by atoms with Crippen LogP contribution in [0.2, 0.25) is 0 Å². The van der Waals surface area contributed by atoms with E-state index in [1.54, 1.807) is 14.2 Å². The molecule has 0 aliphatic carbocycles. The Morgan fingerprint density at radius 3 is 2.48 bits per heavy atom. The lowest BCUT2D eigenvalue weighted by atomic mass is 9.98. The number of aliphatic hydroxyl groups excluding tert-OH is 1. The lowest BCUT2D eigenvalue weighted by Crippen LogP contribution is -2.39. The summed E-state index contributed by atoms with van der Waals surface area (Å²) in [6, 6.07) is 5.87. The van der Waals surface area contributed by atoms with Crippen LogP contribution >= 0.6 is 0 Å². The quantitative estimate of drug-likeness (QED) is 0.687. The third kappa shape index (κ3) is 4.48. The standard InChI is InChI=1S/C17H27NO3/c1-6-8-14(18-15(11-19)12(2)3)13-9-7-10-16(20-4)17(13)21-5/h6-7,9-10,12,14-15,18-19H,1,8,11H2,2-5H3. The first-order valence-electron chi connectivity index (χ1n) is 7.27. The molecule has 2 unspecified atom stereocenters. The average Bonchev–Trinajstić information content (AvgIpc) is 2.50. The predicted molar refractivity (Wildman–Crippen MR) is 85.9 cm³/mol. The molecule has 21 heavy (non-hydrogen) atoms. The van der Waals surface area contributed by atoms with E-state index in [-0.39, 0.29) is 18.7 Å². The normalized spacial score (nSPS) is 13.8. The van der Waals surface area contributed by atoms with Gasteiger partial charge in [0, 0.05) is 17.6 Å². The molecule has 0 heterocycles. The molecule has 4 nitrogen and oxygen atoms in total. The Bertz CT molecular complexity index is 446. The van der Waals surface area contributed by atoms with E-state index in [1.807, 2.05) is 24.3 Å². The molecule has 0 aliphatic heterocycles. The van der Waals surface area contributed by atoms with Gasteiger partial charge in [0.1, 0.15) is 0 Å². The molecule has 2 N–H and O–H groups in total. The zero-order valence-electron chi connectivity index (χ0n) is 13.4. The molecule has 0 bridgehead atoms. The highest BCUT2D eigenvalue weighted by Gasteiger charge is 2.22. The van der Waals surface area contributed by atoms with Crippen LogP contribution < -0.4 is 14.8 Å². The van der Waals surface area contributed by atoms with Gasteiger partial charge in [-0.3, -0.25) is 0 Å². The number of hydrogen-bond donors (Lipinski definition) is 2. The number of para-hydroxylation sites is 1. The summed E-state index contributed by atoms with van der Waals surface area (Å²) in [7, 11) is 3.26. The highest BCUT2D eigenvalue weighted by Crippen LogP contribution is 2.36. The zero-order chi connectivity index (χ0) is 15.8. The fourth-order valence-electron chi connectivity index (χ4n) is 2.35. The smallest absolute Gasteiger partial charge is 0.165 e. The second-order valence-electron chi connectivity index (χ2n) is 5.36. The number of nitrogens with one attached hydrogen (secondary N) is 1. The number of rotatable bonds is 9. The minimum atomic E-state index is 0.0193. The summed E-state index contributed by atoms with van der Waals surface area (Å²) in [5.41, 5.74) is 1.01. The number of benzene rings is 1. The average molecular weight is 293 g/mol. The molecule has 2 atom stereocenters. The van der Waals surface area contributed by atoms with Crippen molar-refractivity contribution in [2.45, 2.75) is 32.4 Å². The first kappa shape index (κ1) is 17.5. The van der Waals surface area contributed by atoms with Gasteiger partial charge < -0.3 is 19.9 Å². The number of ether oxygens (including phenoxy) is 2. The van der Waals surface area contributed by atoms with Gasteiger partial charge in [-0.25, -0.2) is 0 Å². The fourth-order valence-corrected chi connectivity index (χ4v) is 2.35. The Balaban J connectivity index is 3.13. The Labute approximate surface area is 127 Å². The molecule has 0 amide bonds. The largest absolute Gasteiger partial charge is 0.493 e. The summed E-state index contributed by atoms with van der Waals surface area (Å²) in [6.45, 7) is 8.09. The summed E-state index contributed by atoms with van der Waals surface area (Å²) >= 11 is 0. The summed E-state index contributed by atoms with van der Waals surface area (Å²) < 4.78 is 10.9. The monoisotopic (exact) mass is 293 g/mol. The topological polar surface area (TPSA) is 50.7 Å². The minimum absolute atomic E-state index is 0.0193. The van der Waals surface area contributed by atoms with Crippen molar-refractivity contribution in [1.29, 1.82) is 0 Å². The van der Waals surface area contributed by atoms with Crippen molar-refractivity contribution in [3.8, 4) is 11.5 Å².